The largest absolute Gasteiger partial charge is 0.484 e. The van der Waals surface area contributed by atoms with E-state index in [4.69, 9.17) is 24.1 Å². The van der Waals surface area contributed by atoms with Crippen molar-refractivity contribution in [2.75, 3.05) is 32.2 Å². The molecule has 1 unspecified atom stereocenters. The van der Waals surface area contributed by atoms with Gasteiger partial charge in [0.1, 0.15) is 24.3 Å². The summed E-state index contributed by atoms with van der Waals surface area (Å²) in [5, 5.41) is 11.9. The molecule has 0 bridgehead atoms. The lowest BCUT2D eigenvalue weighted by atomic mass is 10.1. The summed E-state index contributed by atoms with van der Waals surface area (Å²) in [6, 6.07) is 6.83. The first-order chi connectivity index (χ1) is 21.8. The Balaban J connectivity index is 0.00000133. The molecule has 2 aromatic carbocycles. The van der Waals surface area contributed by atoms with Crippen LogP contribution in [0.2, 0.25) is 0 Å². The van der Waals surface area contributed by atoms with E-state index >= 15 is 0 Å². The number of carbonyl (C=O) groups excluding carboxylic acids is 1. The van der Waals surface area contributed by atoms with Crippen LogP contribution in [0.15, 0.2) is 42.9 Å². The molecule has 1 atom stereocenters. The highest BCUT2D eigenvalue weighted by molar-refractivity contribution is 14.2. The number of fused-ring (bicyclic) bond motifs is 2. The second-order valence-corrected chi connectivity index (χ2v) is 9.87. The summed E-state index contributed by atoms with van der Waals surface area (Å²) < 4.78 is 36.8. The number of carbonyl (C=O) groups is 1. The number of amides is 1. The molecule has 0 fully saturated rings. The molecule has 3 heterocycles. The lowest BCUT2D eigenvalue weighted by Crippen LogP contribution is -2.24. The maximum Gasteiger partial charge on any atom is 0.411 e. The van der Waals surface area contributed by atoms with Crippen LogP contribution in [0.1, 0.15) is 26.3 Å². The average molecular weight is 771 g/mol. The van der Waals surface area contributed by atoms with E-state index in [1.165, 1.54) is 36.9 Å². The Hall–Kier alpha value is -3.61. The Kier molecular flexibility index (Phi) is 14.2. The summed E-state index contributed by atoms with van der Waals surface area (Å²) in [6.07, 6.45) is 2.79. The number of aryl methyl sites for hydroxylation is 1. The van der Waals surface area contributed by atoms with Crippen molar-refractivity contribution in [2.24, 2.45) is 0 Å². The molecule has 0 radical (unpaired) electrons. The fourth-order valence-corrected chi connectivity index (χ4v) is 4.83. The molecular weight excluding hydrogens is 738 g/mol. The van der Waals surface area contributed by atoms with Gasteiger partial charge in [0.2, 0.25) is 5.88 Å². The van der Waals surface area contributed by atoms with Gasteiger partial charge in [-0.05, 0) is 52.7 Å². The molecule has 5 aromatic rings. The minimum atomic E-state index is -0.762. The van der Waals surface area contributed by atoms with E-state index in [0.29, 0.717) is 32.1 Å². The highest BCUT2D eigenvalue weighted by Gasteiger charge is 2.18. The van der Waals surface area contributed by atoms with Gasteiger partial charge in [-0.1, -0.05) is 13.8 Å². The van der Waals surface area contributed by atoms with E-state index in [2.05, 4.69) is 40.0 Å². The third-order valence-corrected chi connectivity index (χ3v) is 6.68. The van der Waals surface area contributed by atoms with Crippen LogP contribution in [0.3, 0.4) is 0 Å². The third kappa shape index (κ3) is 9.69. The standard InChI is InChI=1S/C27H25FN6O6S.C2H6.HIS/c1-14-6-17(24-20(7-14)33-23(37-3)12-29-24)25-34-19-8-18(28)21(9-22(19)41-25)40-15(2)13-39-27(36)32-16-10-30-26(31-11-16)38-5-4-35;2*1-2/h6-12,15,35H,4-5,13H2,1-3H3,(H,32,36);1-2H3;2H. The molecule has 16 heteroatoms. The molecule has 0 spiro atoms. The summed E-state index contributed by atoms with van der Waals surface area (Å²) in [6.45, 7) is 7.34. The number of anilines is 1. The highest BCUT2D eigenvalue weighted by Crippen LogP contribution is 2.37. The second kappa shape index (κ2) is 17.8. The lowest BCUT2D eigenvalue weighted by Gasteiger charge is -2.15. The van der Waals surface area contributed by atoms with E-state index in [9.17, 15) is 9.18 Å². The highest BCUT2D eigenvalue weighted by atomic mass is 127. The fourth-order valence-electron chi connectivity index (χ4n) is 3.83. The van der Waals surface area contributed by atoms with Crippen LogP contribution in [-0.4, -0.2) is 69.2 Å². The van der Waals surface area contributed by atoms with Gasteiger partial charge in [0.25, 0.3) is 0 Å². The minimum absolute atomic E-state index is 0.00899. The topological polar surface area (TPSA) is 151 Å². The maximum atomic E-state index is 14.9. The number of benzene rings is 2. The molecule has 0 saturated carbocycles. The number of hydrogen-bond acceptors (Lipinski definition) is 13. The van der Waals surface area contributed by atoms with Crippen molar-refractivity contribution >= 4 is 75.4 Å². The Morgan fingerprint density at radius 2 is 1.82 bits per heavy atom. The average Bonchev–Trinajstić information content (AvgIpc) is 3.47. The SMILES string of the molecule is CC.COc1cnc2c(-c3nc4cc(F)c(OC(C)COC(=O)Nc5cnc(OCCO)nc5)cc4s3)cc(C)cc2n1.SI. The van der Waals surface area contributed by atoms with E-state index < -0.39 is 18.0 Å². The van der Waals surface area contributed by atoms with Gasteiger partial charge in [-0.3, -0.25) is 5.32 Å². The lowest BCUT2D eigenvalue weighted by molar-refractivity contribution is 0.0969. The van der Waals surface area contributed by atoms with E-state index in [0.717, 1.165) is 11.1 Å². The van der Waals surface area contributed by atoms with Crippen molar-refractivity contribution < 1.29 is 33.2 Å². The van der Waals surface area contributed by atoms with Crippen LogP contribution in [-0.2, 0) is 4.74 Å². The molecule has 0 aliphatic carbocycles. The van der Waals surface area contributed by atoms with E-state index in [1.807, 2.05) is 54.1 Å². The zero-order valence-corrected chi connectivity index (χ0v) is 28.9. The fraction of sp³-hybridized carbons (Fsp3) is 0.310. The third-order valence-electron chi connectivity index (χ3n) is 5.62. The molecular formula is C29H32FIN6O6S2. The summed E-state index contributed by atoms with van der Waals surface area (Å²) in [7, 11) is 5.03. The Morgan fingerprint density at radius 1 is 1.09 bits per heavy atom. The van der Waals surface area contributed by atoms with Gasteiger partial charge in [-0.2, -0.15) is 0 Å². The Morgan fingerprint density at radius 3 is 2.51 bits per heavy atom. The van der Waals surface area contributed by atoms with Crippen molar-refractivity contribution in [2.45, 2.75) is 33.8 Å². The van der Waals surface area contributed by atoms with Gasteiger partial charge in [0.05, 0.1) is 59.2 Å². The predicted octanol–water partition coefficient (Wildman–Crippen LogP) is 6.83. The number of aliphatic hydroxyl groups excluding tert-OH is 1. The van der Waals surface area contributed by atoms with Gasteiger partial charge in [0, 0.05) is 17.7 Å². The van der Waals surface area contributed by atoms with Gasteiger partial charge in [-0.25, -0.2) is 34.1 Å². The van der Waals surface area contributed by atoms with Crippen LogP contribution in [0.25, 0.3) is 31.8 Å². The number of hydrogen-bond donors (Lipinski definition) is 3. The summed E-state index contributed by atoms with van der Waals surface area (Å²) in [5.41, 5.74) is 3.84. The number of thiazole rings is 1. The monoisotopic (exact) mass is 770 g/mol. The van der Waals surface area contributed by atoms with Gasteiger partial charge >= 0.3 is 12.1 Å². The number of methoxy groups -OCH3 is 1. The van der Waals surface area contributed by atoms with E-state index in [-0.39, 0.29) is 37.3 Å². The first kappa shape index (κ1) is 35.9. The zero-order chi connectivity index (χ0) is 32.9. The van der Waals surface area contributed by atoms with Crippen LogP contribution in [0.4, 0.5) is 14.9 Å². The van der Waals surface area contributed by atoms with Crippen LogP contribution >= 0.6 is 42.3 Å². The molecule has 45 heavy (non-hydrogen) atoms. The van der Waals surface area contributed by atoms with Crippen LogP contribution in [0.5, 0.6) is 17.6 Å². The summed E-state index contributed by atoms with van der Waals surface area (Å²) >= 11 is 3.22. The number of aliphatic hydroxyl groups is 1. The Bertz CT molecular complexity index is 1710. The quantitative estimate of drug-likeness (QED) is 0.101. The van der Waals surface area contributed by atoms with Gasteiger partial charge in [-0.15, -0.1) is 21.1 Å². The van der Waals surface area contributed by atoms with Gasteiger partial charge < -0.3 is 24.1 Å². The first-order valence-electron chi connectivity index (χ1n) is 13.6. The van der Waals surface area contributed by atoms with Crippen LogP contribution in [0, 0.1) is 12.7 Å². The molecule has 0 aliphatic heterocycles. The predicted molar refractivity (Wildman–Crippen MR) is 183 cm³/mol. The number of thiol groups is 1. The van der Waals surface area contributed by atoms with Crippen molar-refractivity contribution in [1.82, 2.24) is 24.9 Å². The van der Waals surface area contributed by atoms with Crippen molar-refractivity contribution in [3.8, 4) is 28.2 Å². The number of nitrogens with zero attached hydrogens (tertiary/aromatic N) is 5. The number of ether oxygens (including phenoxy) is 4. The van der Waals surface area contributed by atoms with Crippen molar-refractivity contribution in [3.63, 3.8) is 0 Å². The number of aromatic nitrogens is 5. The first-order valence-corrected chi connectivity index (χ1v) is 17.6. The molecule has 5 rings (SSSR count). The molecule has 1 amide bonds. The molecule has 240 valence electrons. The molecule has 0 aliphatic rings. The molecule has 2 N–H and O–H groups in total. The number of rotatable bonds is 10. The zero-order valence-electron chi connectivity index (χ0n) is 25.1. The van der Waals surface area contributed by atoms with Crippen molar-refractivity contribution in [3.05, 3.63) is 54.2 Å². The molecule has 3 aromatic heterocycles. The molecule has 0 saturated heterocycles. The minimum Gasteiger partial charge on any atom is -0.484 e. The molecule has 12 nitrogen and oxygen atoms in total. The van der Waals surface area contributed by atoms with Gasteiger partial charge in [0.15, 0.2) is 11.6 Å². The smallest absolute Gasteiger partial charge is 0.411 e. The number of nitrogens with one attached hydrogen (secondary N) is 1. The second-order valence-electron chi connectivity index (χ2n) is 8.84. The van der Waals surface area contributed by atoms with E-state index in [1.54, 1.807) is 19.2 Å². The summed E-state index contributed by atoms with van der Waals surface area (Å²) in [4.78, 5) is 33.6. The summed E-state index contributed by atoms with van der Waals surface area (Å²) in [5.74, 6) is -0.175. The normalized spacial score (nSPS) is 11.0. The number of halogens is 2. The van der Waals surface area contributed by atoms with Crippen molar-refractivity contribution in [1.29, 1.82) is 0 Å². The maximum absolute atomic E-state index is 14.9. The Labute approximate surface area is 280 Å². The van der Waals surface area contributed by atoms with Crippen LogP contribution < -0.4 is 19.5 Å².